The molecule has 0 fully saturated rings. The van der Waals surface area contributed by atoms with Gasteiger partial charge in [0, 0.05) is 31.4 Å². The van der Waals surface area contributed by atoms with Crippen LogP contribution in [0, 0.1) is 12.8 Å². The Morgan fingerprint density at radius 3 is 3.00 bits per heavy atom. The van der Waals surface area contributed by atoms with E-state index >= 15 is 0 Å². The van der Waals surface area contributed by atoms with Crippen LogP contribution in [-0.2, 0) is 11.3 Å². The zero-order valence-electron chi connectivity index (χ0n) is 12.5. The van der Waals surface area contributed by atoms with Gasteiger partial charge in [0.1, 0.15) is 0 Å². The number of para-hydroxylation sites is 1. The van der Waals surface area contributed by atoms with Crippen molar-refractivity contribution < 1.29 is 9.90 Å². The standard InChI is InChI=1S/C17H19N3O2/c1-13-5-2-3-7-16(13)20-11-14(9-18-20)10-19-8-4-6-15(12-19)17(21)22/h2-7,9,11,15H,8,10,12H2,1H3,(H,21,22). The number of hydrogen-bond acceptors (Lipinski definition) is 3. The topological polar surface area (TPSA) is 58.4 Å². The number of carbonyl (C=O) groups is 1. The molecule has 0 saturated carbocycles. The minimum absolute atomic E-state index is 0.417. The van der Waals surface area contributed by atoms with Crippen LogP contribution < -0.4 is 0 Å². The van der Waals surface area contributed by atoms with Crippen molar-refractivity contribution in [3.8, 4) is 5.69 Å². The fourth-order valence-electron chi connectivity index (χ4n) is 2.73. The van der Waals surface area contributed by atoms with Gasteiger partial charge in [0.2, 0.25) is 0 Å². The lowest BCUT2D eigenvalue weighted by Gasteiger charge is -2.26. The number of nitrogens with zero attached hydrogens (tertiary/aromatic N) is 3. The molecular weight excluding hydrogens is 278 g/mol. The number of rotatable bonds is 4. The summed E-state index contributed by atoms with van der Waals surface area (Å²) in [7, 11) is 0. The first-order chi connectivity index (χ1) is 10.6. The number of aromatic nitrogens is 2. The lowest BCUT2D eigenvalue weighted by atomic mass is 10.1. The SMILES string of the molecule is Cc1ccccc1-n1cc(CN2CC=CC(C(=O)O)C2)cn1. The summed E-state index contributed by atoms with van der Waals surface area (Å²) in [5, 5.41) is 13.5. The van der Waals surface area contributed by atoms with Crippen LogP contribution in [0.25, 0.3) is 5.69 Å². The third-order valence-corrected chi connectivity index (χ3v) is 3.91. The lowest BCUT2D eigenvalue weighted by Crippen LogP contribution is -2.35. The largest absolute Gasteiger partial charge is 0.481 e. The Balaban J connectivity index is 1.71. The molecule has 1 atom stereocenters. The van der Waals surface area contributed by atoms with Gasteiger partial charge in [-0.05, 0) is 18.6 Å². The Labute approximate surface area is 129 Å². The first-order valence-corrected chi connectivity index (χ1v) is 7.35. The Morgan fingerprint density at radius 1 is 1.41 bits per heavy atom. The van der Waals surface area contributed by atoms with Gasteiger partial charge in [0.25, 0.3) is 0 Å². The molecule has 1 aromatic carbocycles. The minimum Gasteiger partial charge on any atom is -0.481 e. The molecule has 1 N–H and O–H groups in total. The van der Waals surface area contributed by atoms with Gasteiger partial charge in [-0.2, -0.15) is 5.10 Å². The number of hydrogen-bond donors (Lipinski definition) is 1. The fourth-order valence-corrected chi connectivity index (χ4v) is 2.73. The highest BCUT2D eigenvalue weighted by Crippen LogP contribution is 2.16. The van der Waals surface area contributed by atoms with Gasteiger partial charge in [-0.15, -0.1) is 0 Å². The molecular formula is C17H19N3O2. The van der Waals surface area contributed by atoms with E-state index < -0.39 is 11.9 Å². The zero-order chi connectivity index (χ0) is 15.5. The third kappa shape index (κ3) is 3.09. The molecule has 2 heterocycles. The predicted molar refractivity (Wildman–Crippen MR) is 83.8 cm³/mol. The molecule has 0 bridgehead atoms. The van der Waals surface area contributed by atoms with Gasteiger partial charge >= 0.3 is 5.97 Å². The Hall–Kier alpha value is -2.40. The van der Waals surface area contributed by atoms with Crippen molar-refractivity contribution in [2.45, 2.75) is 13.5 Å². The fraction of sp³-hybridized carbons (Fsp3) is 0.294. The van der Waals surface area contributed by atoms with Gasteiger partial charge < -0.3 is 5.11 Å². The number of aryl methyl sites for hydroxylation is 1. The van der Waals surface area contributed by atoms with E-state index in [9.17, 15) is 4.79 Å². The minimum atomic E-state index is -0.767. The van der Waals surface area contributed by atoms with Crippen molar-refractivity contribution in [2.75, 3.05) is 13.1 Å². The van der Waals surface area contributed by atoms with Gasteiger partial charge in [-0.25, -0.2) is 4.68 Å². The van der Waals surface area contributed by atoms with E-state index in [0.29, 0.717) is 13.1 Å². The van der Waals surface area contributed by atoms with E-state index in [-0.39, 0.29) is 0 Å². The molecule has 0 spiro atoms. The summed E-state index contributed by atoms with van der Waals surface area (Å²) in [4.78, 5) is 13.2. The Morgan fingerprint density at radius 2 is 2.23 bits per heavy atom. The maximum Gasteiger partial charge on any atom is 0.311 e. The van der Waals surface area contributed by atoms with E-state index in [1.165, 1.54) is 5.56 Å². The predicted octanol–water partition coefficient (Wildman–Crippen LogP) is 2.25. The molecule has 22 heavy (non-hydrogen) atoms. The molecule has 3 rings (SSSR count). The summed E-state index contributed by atoms with van der Waals surface area (Å²) in [5.41, 5.74) is 3.32. The first-order valence-electron chi connectivity index (χ1n) is 7.35. The van der Waals surface area contributed by atoms with Crippen molar-refractivity contribution >= 4 is 5.97 Å². The lowest BCUT2D eigenvalue weighted by molar-refractivity contribution is -0.140. The van der Waals surface area contributed by atoms with Gasteiger partial charge in [-0.3, -0.25) is 9.69 Å². The van der Waals surface area contributed by atoms with Crippen molar-refractivity contribution in [2.24, 2.45) is 5.92 Å². The van der Waals surface area contributed by atoms with Gasteiger partial charge in [0.15, 0.2) is 0 Å². The highest BCUT2D eigenvalue weighted by Gasteiger charge is 2.21. The number of benzene rings is 1. The summed E-state index contributed by atoms with van der Waals surface area (Å²) in [6.45, 7) is 4.09. The smallest absolute Gasteiger partial charge is 0.311 e. The number of carboxylic acid groups (broad SMARTS) is 1. The molecule has 5 nitrogen and oxygen atoms in total. The molecule has 1 aromatic heterocycles. The molecule has 0 aliphatic carbocycles. The normalized spacial score (nSPS) is 18.5. The molecule has 114 valence electrons. The van der Waals surface area contributed by atoms with Crippen LogP contribution in [0.1, 0.15) is 11.1 Å². The zero-order valence-corrected chi connectivity index (χ0v) is 12.5. The van der Waals surface area contributed by atoms with Crippen LogP contribution in [0.4, 0.5) is 0 Å². The molecule has 1 unspecified atom stereocenters. The van der Waals surface area contributed by atoms with Gasteiger partial charge in [0.05, 0.1) is 17.8 Å². The van der Waals surface area contributed by atoms with Crippen molar-refractivity contribution in [3.05, 3.63) is 59.9 Å². The van der Waals surface area contributed by atoms with Crippen molar-refractivity contribution in [1.82, 2.24) is 14.7 Å². The van der Waals surface area contributed by atoms with Crippen LogP contribution >= 0.6 is 0 Å². The molecule has 0 amide bonds. The van der Waals surface area contributed by atoms with Crippen LogP contribution in [0.2, 0.25) is 0 Å². The summed E-state index contributed by atoms with van der Waals surface area (Å²) < 4.78 is 1.87. The van der Waals surface area contributed by atoms with E-state index in [1.54, 1.807) is 6.08 Å². The van der Waals surface area contributed by atoms with Crippen molar-refractivity contribution in [3.63, 3.8) is 0 Å². The molecule has 0 radical (unpaired) electrons. The molecule has 5 heteroatoms. The average molecular weight is 297 g/mol. The summed E-state index contributed by atoms with van der Waals surface area (Å²) in [6, 6.07) is 8.10. The average Bonchev–Trinajstić information content (AvgIpc) is 2.96. The van der Waals surface area contributed by atoms with Crippen molar-refractivity contribution in [1.29, 1.82) is 0 Å². The maximum atomic E-state index is 11.1. The second kappa shape index (κ2) is 6.15. The second-order valence-corrected chi connectivity index (χ2v) is 5.65. The van der Waals surface area contributed by atoms with E-state index in [4.69, 9.17) is 5.11 Å². The monoisotopic (exact) mass is 297 g/mol. The summed E-state index contributed by atoms with van der Waals surface area (Å²) in [6.07, 6.45) is 7.56. The molecule has 0 saturated heterocycles. The highest BCUT2D eigenvalue weighted by molar-refractivity contribution is 5.72. The Kier molecular flexibility index (Phi) is 4.06. The molecule has 2 aromatic rings. The first kappa shape index (κ1) is 14.5. The summed E-state index contributed by atoms with van der Waals surface area (Å²) >= 11 is 0. The quantitative estimate of drug-likeness (QED) is 0.879. The number of carboxylic acids is 1. The van der Waals surface area contributed by atoms with E-state index in [2.05, 4.69) is 23.0 Å². The molecule has 1 aliphatic heterocycles. The van der Waals surface area contributed by atoms with Crippen LogP contribution in [0.15, 0.2) is 48.8 Å². The van der Waals surface area contributed by atoms with Crippen LogP contribution in [0.3, 0.4) is 0 Å². The van der Waals surface area contributed by atoms with E-state index in [0.717, 1.165) is 17.8 Å². The molecule has 1 aliphatic rings. The van der Waals surface area contributed by atoms with E-state index in [1.807, 2.05) is 41.4 Å². The maximum absolute atomic E-state index is 11.1. The summed E-state index contributed by atoms with van der Waals surface area (Å²) in [5.74, 6) is -1.18. The Bertz CT molecular complexity index is 705. The third-order valence-electron chi connectivity index (χ3n) is 3.91. The highest BCUT2D eigenvalue weighted by atomic mass is 16.4. The van der Waals surface area contributed by atoms with Gasteiger partial charge in [-0.1, -0.05) is 30.4 Å². The van der Waals surface area contributed by atoms with Crippen LogP contribution in [-0.4, -0.2) is 38.8 Å². The number of aliphatic carboxylic acids is 1. The second-order valence-electron chi connectivity index (χ2n) is 5.65. The van der Waals surface area contributed by atoms with Crippen LogP contribution in [0.5, 0.6) is 0 Å².